The van der Waals surface area contributed by atoms with Gasteiger partial charge < -0.3 is 14.6 Å². The Morgan fingerprint density at radius 1 is 1.14 bits per heavy atom. The summed E-state index contributed by atoms with van der Waals surface area (Å²) in [6.45, 7) is 3.02. The first-order valence-corrected chi connectivity index (χ1v) is 16.9. The quantitative estimate of drug-likeness (QED) is 0.101. The predicted octanol–water partition coefficient (Wildman–Crippen LogP) is 7.70. The Bertz CT molecular complexity index is 1560. The molecule has 224 valence electrons. The molecule has 2 fully saturated rings. The lowest BCUT2D eigenvalue weighted by molar-refractivity contribution is -0.140. The maximum atomic E-state index is 13.7. The minimum Gasteiger partial charge on any atom is -0.504 e. The van der Waals surface area contributed by atoms with Gasteiger partial charge in [-0.2, -0.15) is 0 Å². The van der Waals surface area contributed by atoms with Crippen molar-refractivity contribution in [1.29, 1.82) is 0 Å². The minimum atomic E-state index is -0.330. The SMILES string of the molecule is CCCC1=C2[C@@H](CC/C(=C/c3cc(I)c(O)c(OC)c3)c3ccccc3)OC[C@@H]2[C@@H]2C(=O)N(Cc3cccs3)C(=O)[C@@H]2C1. The number of hydrogen-bond donors (Lipinski definition) is 1. The third kappa shape index (κ3) is 5.93. The zero-order valence-corrected chi connectivity index (χ0v) is 27.4. The van der Waals surface area contributed by atoms with Crippen molar-refractivity contribution >= 4 is 57.4 Å². The van der Waals surface area contributed by atoms with E-state index in [2.05, 4.69) is 47.7 Å². The Labute approximate surface area is 270 Å². The summed E-state index contributed by atoms with van der Waals surface area (Å²) in [6, 6.07) is 18.1. The van der Waals surface area contributed by atoms with Crippen LogP contribution in [-0.4, -0.2) is 41.6 Å². The highest BCUT2D eigenvalue weighted by Crippen LogP contribution is 2.51. The van der Waals surface area contributed by atoms with Gasteiger partial charge in [0.15, 0.2) is 11.5 Å². The molecular weight excluding hydrogens is 673 g/mol. The summed E-state index contributed by atoms with van der Waals surface area (Å²) >= 11 is 3.71. The van der Waals surface area contributed by atoms with Gasteiger partial charge in [0.2, 0.25) is 11.8 Å². The largest absolute Gasteiger partial charge is 0.504 e. The maximum Gasteiger partial charge on any atom is 0.234 e. The summed E-state index contributed by atoms with van der Waals surface area (Å²) in [5, 5.41) is 12.3. The predicted molar refractivity (Wildman–Crippen MR) is 178 cm³/mol. The molecule has 4 atom stereocenters. The number of amides is 2. The Hall–Kier alpha value is -2.95. The molecule has 3 aromatic rings. The van der Waals surface area contributed by atoms with Gasteiger partial charge in [-0.15, -0.1) is 11.3 Å². The number of phenols is 1. The van der Waals surface area contributed by atoms with Crippen molar-refractivity contribution in [1.82, 2.24) is 4.90 Å². The van der Waals surface area contributed by atoms with Crippen molar-refractivity contribution in [2.24, 2.45) is 17.8 Å². The topological polar surface area (TPSA) is 76.1 Å². The highest BCUT2D eigenvalue weighted by atomic mass is 127. The fraction of sp³-hybridized carbons (Fsp3) is 0.371. The molecule has 2 amide bonds. The lowest BCUT2D eigenvalue weighted by Crippen LogP contribution is -2.34. The van der Waals surface area contributed by atoms with E-state index in [-0.39, 0.29) is 41.4 Å². The molecule has 6 nitrogen and oxygen atoms in total. The van der Waals surface area contributed by atoms with Crippen LogP contribution in [-0.2, 0) is 20.9 Å². The zero-order valence-electron chi connectivity index (χ0n) is 24.4. The lowest BCUT2D eigenvalue weighted by atomic mass is 9.68. The van der Waals surface area contributed by atoms with Crippen molar-refractivity contribution in [3.8, 4) is 11.5 Å². The number of carbonyl (C=O) groups is 2. The van der Waals surface area contributed by atoms with Crippen LogP contribution >= 0.6 is 33.9 Å². The van der Waals surface area contributed by atoms with Gasteiger partial charge in [-0.1, -0.05) is 61.4 Å². The molecule has 0 spiro atoms. The molecule has 6 rings (SSSR count). The highest BCUT2D eigenvalue weighted by Gasteiger charge is 2.56. The van der Waals surface area contributed by atoms with Crippen molar-refractivity contribution in [3.63, 3.8) is 0 Å². The van der Waals surface area contributed by atoms with Crippen LogP contribution in [0.15, 0.2) is 71.1 Å². The van der Waals surface area contributed by atoms with Gasteiger partial charge >= 0.3 is 0 Å². The monoisotopic (exact) mass is 709 g/mol. The number of hydrogen-bond acceptors (Lipinski definition) is 6. The summed E-state index contributed by atoms with van der Waals surface area (Å²) in [5.74, 6) is -0.115. The Kier molecular flexibility index (Phi) is 9.07. The smallest absolute Gasteiger partial charge is 0.234 e. The van der Waals surface area contributed by atoms with E-state index in [0.29, 0.717) is 25.3 Å². The number of allylic oxidation sites excluding steroid dienone is 2. The number of rotatable bonds is 10. The molecule has 2 aromatic carbocycles. The molecule has 2 saturated heterocycles. The van der Waals surface area contributed by atoms with Crippen LogP contribution in [0.3, 0.4) is 0 Å². The fourth-order valence-corrected chi connectivity index (χ4v) is 8.38. The number of thiophene rings is 1. The van der Waals surface area contributed by atoms with Crippen molar-refractivity contribution in [2.75, 3.05) is 13.7 Å². The molecule has 0 bridgehead atoms. The number of ether oxygens (including phenoxy) is 2. The van der Waals surface area contributed by atoms with E-state index in [0.717, 1.165) is 50.8 Å². The molecule has 1 aromatic heterocycles. The average Bonchev–Trinajstić information content (AvgIpc) is 3.74. The van der Waals surface area contributed by atoms with E-state index < -0.39 is 0 Å². The summed E-state index contributed by atoms with van der Waals surface area (Å²) in [6.07, 6.45) is 6.21. The van der Waals surface area contributed by atoms with E-state index in [9.17, 15) is 14.7 Å². The van der Waals surface area contributed by atoms with Crippen LogP contribution < -0.4 is 4.74 Å². The molecule has 8 heteroatoms. The van der Waals surface area contributed by atoms with Crippen LogP contribution in [0.1, 0.15) is 55.0 Å². The van der Waals surface area contributed by atoms with Crippen LogP contribution in [0.4, 0.5) is 0 Å². The molecule has 0 unspecified atom stereocenters. The van der Waals surface area contributed by atoms with Crippen molar-refractivity contribution < 1.29 is 24.2 Å². The van der Waals surface area contributed by atoms with E-state index in [1.54, 1.807) is 18.4 Å². The first-order chi connectivity index (χ1) is 20.9. The van der Waals surface area contributed by atoms with E-state index in [4.69, 9.17) is 9.47 Å². The standard InChI is InChI=1S/C35H36INO5S/c1-3-8-24-18-26-32(35(40)37(34(26)39)19-25-11-7-14-43-25)27-20-42-29(31(24)27)13-12-23(22-9-5-4-6-10-22)15-21-16-28(36)33(38)30(17-21)41-2/h4-7,9-11,14-17,26-27,29,32,38H,3,8,12-13,18-20H2,1-2H3/b23-15-/t26-,27+,29-,32-/m1/s1. The van der Waals surface area contributed by atoms with Crippen LogP contribution in [0, 0.1) is 21.3 Å². The minimum absolute atomic E-state index is 0.0206. The van der Waals surface area contributed by atoms with Gasteiger partial charge in [-0.25, -0.2) is 0 Å². The number of imide groups is 1. The molecule has 1 N–H and O–H groups in total. The number of phenolic OH excluding ortho intramolecular Hbond substituents is 1. The van der Waals surface area contributed by atoms with E-state index >= 15 is 0 Å². The molecule has 1 aliphatic carbocycles. The second-order valence-electron chi connectivity index (χ2n) is 11.5. The molecule has 3 heterocycles. The third-order valence-electron chi connectivity index (χ3n) is 8.98. The van der Waals surface area contributed by atoms with Crippen molar-refractivity contribution in [2.45, 2.75) is 51.7 Å². The normalized spacial score (nSPS) is 23.6. The Morgan fingerprint density at radius 2 is 1.95 bits per heavy atom. The third-order valence-corrected chi connectivity index (χ3v) is 10.7. The van der Waals surface area contributed by atoms with Gasteiger partial charge in [0.25, 0.3) is 0 Å². The van der Waals surface area contributed by atoms with Crippen LogP contribution in [0.25, 0.3) is 11.6 Å². The molecule has 0 radical (unpaired) electrons. The summed E-state index contributed by atoms with van der Waals surface area (Å²) < 4.78 is 12.6. The van der Waals surface area contributed by atoms with Gasteiger partial charge in [-0.05, 0) is 94.1 Å². The Balaban J connectivity index is 1.27. The number of benzene rings is 2. The average molecular weight is 710 g/mol. The van der Waals surface area contributed by atoms with Gasteiger partial charge in [0.1, 0.15) is 0 Å². The first-order valence-electron chi connectivity index (χ1n) is 14.9. The zero-order chi connectivity index (χ0) is 30.1. The van der Waals surface area contributed by atoms with Gasteiger partial charge in [0.05, 0.1) is 41.8 Å². The molecule has 0 saturated carbocycles. The fourth-order valence-electron chi connectivity index (χ4n) is 7.06. The maximum absolute atomic E-state index is 13.7. The summed E-state index contributed by atoms with van der Waals surface area (Å²) in [4.78, 5) is 29.8. The molecule has 43 heavy (non-hydrogen) atoms. The summed E-state index contributed by atoms with van der Waals surface area (Å²) in [5.41, 5.74) is 5.84. The lowest BCUT2D eigenvalue weighted by Gasteiger charge is -2.32. The van der Waals surface area contributed by atoms with E-state index in [1.165, 1.54) is 16.0 Å². The highest BCUT2D eigenvalue weighted by molar-refractivity contribution is 14.1. The number of nitrogens with zero attached hydrogens (tertiary/aromatic N) is 1. The number of aromatic hydroxyl groups is 1. The van der Waals surface area contributed by atoms with Crippen molar-refractivity contribution in [3.05, 3.63) is 90.7 Å². The molecule has 3 aliphatic rings. The second-order valence-corrected chi connectivity index (χ2v) is 13.7. The molecule has 2 aliphatic heterocycles. The Morgan fingerprint density at radius 3 is 2.67 bits per heavy atom. The number of carbonyl (C=O) groups excluding carboxylic acids is 2. The number of halogens is 1. The van der Waals surface area contributed by atoms with Crippen LogP contribution in [0.2, 0.25) is 0 Å². The molecular formula is C35H36INO5S. The van der Waals surface area contributed by atoms with Gasteiger partial charge in [0, 0.05) is 10.8 Å². The number of likely N-dealkylation sites (tertiary alicyclic amines) is 1. The first kappa shape index (κ1) is 30.1. The number of fused-ring (bicyclic) bond motifs is 3. The van der Waals surface area contributed by atoms with Gasteiger partial charge in [-0.3, -0.25) is 14.5 Å². The van der Waals surface area contributed by atoms with E-state index in [1.807, 2.05) is 47.8 Å². The summed E-state index contributed by atoms with van der Waals surface area (Å²) in [7, 11) is 1.56. The van der Waals surface area contributed by atoms with Crippen LogP contribution in [0.5, 0.6) is 11.5 Å². The second kappa shape index (κ2) is 13.0. The number of methoxy groups -OCH3 is 1.